The fraction of sp³-hybridized carbons (Fsp3) is 0.130. The molecule has 33 heavy (non-hydrogen) atoms. The van der Waals surface area contributed by atoms with Crippen molar-refractivity contribution in [2.75, 3.05) is 16.6 Å². The zero-order valence-electron chi connectivity index (χ0n) is 18.3. The molecule has 2 aromatic carbocycles. The smallest absolute Gasteiger partial charge is 0.271 e. The van der Waals surface area contributed by atoms with Gasteiger partial charge in [0.05, 0.1) is 18.5 Å². The van der Waals surface area contributed by atoms with E-state index in [0.717, 1.165) is 21.4 Å². The molecule has 0 bridgehead atoms. The molecule has 0 saturated heterocycles. The van der Waals surface area contributed by atoms with Gasteiger partial charge in [-0.25, -0.2) is 16.8 Å². The maximum Gasteiger partial charge on any atom is 0.271 e. The second-order valence-corrected chi connectivity index (χ2v) is 11.7. The molecule has 174 valence electrons. The van der Waals surface area contributed by atoms with Gasteiger partial charge in [-0.2, -0.15) is 0 Å². The molecule has 7 nitrogen and oxygen atoms in total. The third kappa shape index (κ3) is 5.65. The molecule has 10 heteroatoms. The van der Waals surface area contributed by atoms with Crippen LogP contribution in [0.15, 0.2) is 93.8 Å². The Morgan fingerprint density at radius 1 is 1.00 bits per heavy atom. The highest BCUT2D eigenvalue weighted by Gasteiger charge is 2.25. The van der Waals surface area contributed by atoms with Crippen LogP contribution in [0.1, 0.15) is 13.8 Å². The highest BCUT2D eigenvalue weighted by Crippen LogP contribution is 2.33. The monoisotopic (exact) mass is 504 g/mol. The molecular weight excluding hydrogens is 480 g/mol. The second-order valence-electron chi connectivity index (χ2n) is 7.07. The van der Waals surface area contributed by atoms with Gasteiger partial charge < -0.3 is 4.74 Å². The minimum atomic E-state index is -4.13. The highest BCUT2D eigenvalue weighted by molar-refractivity contribution is 7.96. The average Bonchev–Trinajstić information content (AvgIpc) is 3.20. The Balaban J connectivity index is 1.98. The highest BCUT2D eigenvalue weighted by atomic mass is 32.2. The number of anilines is 2. The molecule has 0 aliphatic rings. The number of para-hydroxylation sites is 2. The number of hydrogen-bond donors (Lipinski definition) is 2. The van der Waals surface area contributed by atoms with Crippen LogP contribution in [0.5, 0.6) is 0 Å². The molecule has 0 radical (unpaired) electrons. The van der Waals surface area contributed by atoms with E-state index in [2.05, 4.69) is 16.0 Å². The van der Waals surface area contributed by atoms with Crippen LogP contribution in [0.2, 0.25) is 0 Å². The number of nitrogens with one attached hydrogen (secondary N) is 2. The lowest BCUT2D eigenvalue weighted by Gasteiger charge is -2.17. The molecule has 1 aromatic heterocycles. The number of benzene rings is 2. The van der Waals surface area contributed by atoms with Crippen LogP contribution in [0.3, 0.4) is 0 Å². The molecule has 2 N–H and O–H groups in total. The first-order chi connectivity index (χ1) is 15.6. The maximum absolute atomic E-state index is 13.2. The van der Waals surface area contributed by atoms with Crippen molar-refractivity contribution in [3.63, 3.8) is 0 Å². The number of hydrogen-bond acceptors (Lipinski definition) is 6. The lowest BCUT2D eigenvalue weighted by Crippen LogP contribution is -2.19. The summed E-state index contributed by atoms with van der Waals surface area (Å²) in [4.78, 5) is -0.123. The Bertz CT molecular complexity index is 1430. The number of ether oxygens (including phenoxy) is 1. The van der Waals surface area contributed by atoms with Crippen molar-refractivity contribution in [1.29, 1.82) is 0 Å². The Morgan fingerprint density at radius 2 is 1.61 bits per heavy atom. The quantitative estimate of drug-likeness (QED) is 0.298. The van der Waals surface area contributed by atoms with E-state index >= 15 is 0 Å². The van der Waals surface area contributed by atoms with E-state index in [-0.39, 0.29) is 26.2 Å². The zero-order valence-corrected chi connectivity index (χ0v) is 20.8. The molecule has 0 amide bonds. The predicted molar refractivity (Wildman–Crippen MR) is 135 cm³/mol. The SMILES string of the molecule is C=C(C)/C=C(\C(=C/C)OC)S(=O)(=O)Nc1ccccc1NS(=O)(=O)c1cc2ccccc2s1. The first kappa shape index (κ1) is 24.6. The molecule has 1 heterocycles. The molecule has 0 atom stereocenters. The summed E-state index contributed by atoms with van der Waals surface area (Å²) < 4.78 is 63.6. The molecule has 0 unspecified atom stereocenters. The van der Waals surface area contributed by atoms with Crippen LogP contribution >= 0.6 is 11.3 Å². The molecule has 0 saturated carbocycles. The summed E-state index contributed by atoms with van der Waals surface area (Å²) >= 11 is 1.13. The summed E-state index contributed by atoms with van der Waals surface area (Å²) in [5, 5.41) is 0.810. The van der Waals surface area contributed by atoms with Crippen molar-refractivity contribution in [2.24, 2.45) is 0 Å². The van der Waals surface area contributed by atoms with E-state index < -0.39 is 20.0 Å². The van der Waals surface area contributed by atoms with Gasteiger partial charge in [0.2, 0.25) is 0 Å². The summed E-state index contributed by atoms with van der Waals surface area (Å²) in [6.07, 6.45) is 2.90. The summed E-state index contributed by atoms with van der Waals surface area (Å²) in [5.41, 5.74) is 0.666. The Morgan fingerprint density at radius 3 is 2.18 bits per heavy atom. The van der Waals surface area contributed by atoms with Gasteiger partial charge in [-0.3, -0.25) is 9.44 Å². The molecule has 0 aliphatic carbocycles. The molecule has 0 fully saturated rings. The van der Waals surface area contributed by atoms with Gasteiger partial charge in [0.1, 0.15) is 14.9 Å². The normalized spacial score (nSPS) is 13.1. The lowest BCUT2D eigenvalue weighted by molar-refractivity contribution is 0.303. The Kier molecular flexibility index (Phi) is 7.31. The molecule has 3 aromatic rings. The number of thiophene rings is 1. The number of allylic oxidation sites excluding steroid dienone is 3. The van der Waals surface area contributed by atoms with Crippen molar-refractivity contribution < 1.29 is 21.6 Å². The lowest BCUT2D eigenvalue weighted by atomic mass is 10.3. The summed E-state index contributed by atoms with van der Waals surface area (Å²) in [6, 6.07) is 15.1. The largest absolute Gasteiger partial charge is 0.496 e. The van der Waals surface area contributed by atoms with Gasteiger partial charge in [-0.1, -0.05) is 42.5 Å². The van der Waals surface area contributed by atoms with Crippen molar-refractivity contribution in [1.82, 2.24) is 0 Å². The molecule has 3 rings (SSSR count). The average molecular weight is 505 g/mol. The van der Waals surface area contributed by atoms with Gasteiger partial charge in [-0.05, 0) is 55.7 Å². The first-order valence-electron chi connectivity index (χ1n) is 9.78. The van der Waals surface area contributed by atoms with Crippen LogP contribution in [0.25, 0.3) is 10.1 Å². The van der Waals surface area contributed by atoms with Crippen LogP contribution in [0, 0.1) is 0 Å². The maximum atomic E-state index is 13.2. The summed E-state index contributed by atoms with van der Waals surface area (Å²) in [6.45, 7) is 7.05. The van der Waals surface area contributed by atoms with E-state index in [1.54, 1.807) is 32.0 Å². The van der Waals surface area contributed by atoms with Crippen LogP contribution < -0.4 is 9.44 Å². The molecule has 0 spiro atoms. The molecular formula is C23H24N2O5S3. The van der Waals surface area contributed by atoms with E-state index in [1.807, 2.05) is 24.3 Å². The van der Waals surface area contributed by atoms with Crippen molar-refractivity contribution in [2.45, 2.75) is 18.1 Å². The van der Waals surface area contributed by atoms with Crippen LogP contribution in [-0.4, -0.2) is 23.9 Å². The van der Waals surface area contributed by atoms with Crippen LogP contribution in [-0.2, 0) is 24.8 Å². The number of sulfonamides is 2. The minimum Gasteiger partial charge on any atom is -0.496 e. The van der Waals surface area contributed by atoms with Gasteiger partial charge in [0.25, 0.3) is 20.0 Å². The number of methoxy groups -OCH3 is 1. The second kappa shape index (κ2) is 9.82. The van der Waals surface area contributed by atoms with Crippen LogP contribution in [0.4, 0.5) is 11.4 Å². The summed E-state index contributed by atoms with van der Waals surface area (Å²) in [5.74, 6) is 0.133. The van der Waals surface area contributed by atoms with Gasteiger partial charge in [0, 0.05) is 4.70 Å². The standard InChI is InChI=1S/C23H24N2O5S3/c1-5-20(30-4)22(14-16(2)3)32(26,27)24-18-11-7-8-12-19(18)25-33(28,29)23-15-17-10-6-9-13-21(17)31-23/h5-15,24-25H,2H2,1,3-4H3/b20-5+,22-14+. The van der Waals surface area contributed by atoms with E-state index in [0.29, 0.717) is 5.57 Å². The Labute approximate surface area is 198 Å². The third-order valence-electron chi connectivity index (χ3n) is 4.48. The first-order valence-corrected chi connectivity index (χ1v) is 13.6. The van der Waals surface area contributed by atoms with Crippen molar-refractivity contribution in [3.05, 3.63) is 89.6 Å². The van der Waals surface area contributed by atoms with Gasteiger partial charge >= 0.3 is 0 Å². The van der Waals surface area contributed by atoms with Gasteiger partial charge in [0.15, 0.2) is 0 Å². The minimum absolute atomic E-state index is 0.0707. The molecule has 0 aliphatic heterocycles. The number of fused-ring (bicyclic) bond motifs is 1. The Hall–Kier alpha value is -3.08. The third-order valence-corrected chi connectivity index (χ3v) is 8.82. The van der Waals surface area contributed by atoms with Crippen molar-refractivity contribution >= 4 is 52.8 Å². The van der Waals surface area contributed by atoms with E-state index in [1.165, 1.54) is 31.4 Å². The summed E-state index contributed by atoms with van der Waals surface area (Å²) in [7, 11) is -6.72. The van der Waals surface area contributed by atoms with Gasteiger partial charge in [-0.15, -0.1) is 11.3 Å². The predicted octanol–water partition coefficient (Wildman–Crippen LogP) is 5.45. The van der Waals surface area contributed by atoms with E-state index in [4.69, 9.17) is 4.74 Å². The van der Waals surface area contributed by atoms with E-state index in [9.17, 15) is 16.8 Å². The fourth-order valence-corrected chi connectivity index (χ4v) is 6.89. The zero-order chi connectivity index (χ0) is 24.2. The topological polar surface area (TPSA) is 102 Å². The van der Waals surface area contributed by atoms with Crippen molar-refractivity contribution in [3.8, 4) is 0 Å². The fourth-order valence-electron chi connectivity index (χ4n) is 3.01. The number of rotatable bonds is 9.